The molecule has 0 heterocycles. The van der Waals surface area contributed by atoms with Crippen molar-refractivity contribution in [3.05, 3.63) is 64.2 Å². The molecule has 5 heteroatoms. The van der Waals surface area contributed by atoms with Gasteiger partial charge in [-0.1, -0.05) is 30.3 Å². The standard InChI is InChI=1S/C14H15N3O2/c15-13-10-12(17(18)19)6-7-14(13)16-9-8-11-4-2-1-3-5-11/h1-7,10,16H,8-9,15H2. The Balaban J connectivity index is 1.95. The SMILES string of the molecule is Nc1cc([N+](=O)[O-])ccc1NCCc1ccccc1. The molecule has 3 N–H and O–H groups in total. The Hall–Kier alpha value is -2.56. The molecule has 0 atom stereocenters. The topological polar surface area (TPSA) is 81.2 Å². The molecule has 0 radical (unpaired) electrons. The number of non-ortho nitro benzene ring substituents is 1. The van der Waals surface area contributed by atoms with Crippen LogP contribution in [0.4, 0.5) is 17.1 Å². The Kier molecular flexibility index (Phi) is 3.97. The molecule has 0 fully saturated rings. The highest BCUT2D eigenvalue weighted by molar-refractivity contribution is 5.69. The number of benzene rings is 2. The van der Waals surface area contributed by atoms with Gasteiger partial charge in [0.1, 0.15) is 0 Å². The van der Waals surface area contributed by atoms with Gasteiger partial charge in [0, 0.05) is 18.7 Å². The van der Waals surface area contributed by atoms with Crippen LogP contribution >= 0.6 is 0 Å². The van der Waals surface area contributed by atoms with E-state index >= 15 is 0 Å². The number of nitro benzene ring substituents is 1. The molecule has 0 aliphatic rings. The predicted octanol–water partition coefficient (Wildman–Crippen LogP) is 2.83. The van der Waals surface area contributed by atoms with Crippen LogP contribution in [-0.2, 0) is 6.42 Å². The Labute approximate surface area is 111 Å². The third kappa shape index (κ3) is 3.45. The minimum absolute atomic E-state index is 0.00566. The van der Waals surface area contributed by atoms with Gasteiger partial charge in [-0.2, -0.15) is 0 Å². The molecule has 0 aliphatic carbocycles. The largest absolute Gasteiger partial charge is 0.397 e. The van der Waals surface area contributed by atoms with Crippen molar-refractivity contribution >= 4 is 17.1 Å². The van der Waals surface area contributed by atoms with Crippen LogP contribution in [0.3, 0.4) is 0 Å². The van der Waals surface area contributed by atoms with Gasteiger partial charge in [-0.3, -0.25) is 10.1 Å². The Morgan fingerprint density at radius 2 is 1.89 bits per heavy atom. The highest BCUT2D eigenvalue weighted by Crippen LogP contribution is 2.23. The van der Waals surface area contributed by atoms with E-state index in [2.05, 4.69) is 17.4 Å². The second-order valence-corrected chi connectivity index (χ2v) is 4.19. The Morgan fingerprint density at radius 3 is 2.53 bits per heavy atom. The van der Waals surface area contributed by atoms with E-state index in [1.165, 1.54) is 17.7 Å². The molecule has 0 aromatic heterocycles. The summed E-state index contributed by atoms with van der Waals surface area (Å²) in [5.74, 6) is 0. The van der Waals surface area contributed by atoms with Crippen molar-refractivity contribution in [1.29, 1.82) is 0 Å². The number of rotatable bonds is 5. The Morgan fingerprint density at radius 1 is 1.16 bits per heavy atom. The van der Waals surface area contributed by atoms with Crippen LogP contribution in [0.25, 0.3) is 0 Å². The normalized spacial score (nSPS) is 10.1. The third-order valence-corrected chi connectivity index (χ3v) is 2.82. The lowest BCUT2D eigenvalue weighted by Crippen LogP contribution is -2.07. The Bertz CT molecular complexity index is 570. The molecule has 0 saturated carbocycles. The fourth-order valence-electron chi connectivity index (χ4n) is 1.81. The van der Waals surface area contributed by atoms with Crippen LogP contribution in [0.1, 0.15) is 5.56 Å². The van der Waals surface area contributed by atoms with Crippen molar-refractivity contribution < 1.29 is 4.92 Å². The smallest absolute Gasteiger partial charge is 0.271 e. The van der Waals surface area contributed by atoms with Crippen molar-refractivity contribution in [1.82, 2.24) is 0 Å². The highest BCUT2D eigenvalue weighted by Gasteiger charge is 2.08. The lowest BCUT2D eigenvalue weighted by molar-refractivity contribution is -0.384. The second kappa shape index (κ2) is 5.86. The van der Waals surface area contributed by atoms with Gasteiger partial charge in [-0.25, -0.2) is 0 Å². The highest BCUT2D eigenvalue weighted by atomic mass is 16.6. The van der Waals surface area contributed by atoms with Gasteiger partial charge in [0.05, 0.1) is 16.3 Å². The molecule has 0 saturated heterocycles. The van der Waals surface area contributed by atoms with E-state index in [1.807, 2.05) is 18.2 Å². The van der Waals surface area contributed by atoms with E-state index in [9.17, 15) is 10.1 Å². The average Bonchev–Trinajstić information content (AvgIpc) is 2.41. The zero-order valence-electron chi connectivity index (χ0n) is 10.4. The number of nitrogens with two attached hydrogens (primary N) is 1. The molecule has 0 bridgehead atoms. The number of nitro groups is 1. The summed E-state index contributed by atoms with van der Waals surface area (Å²) in [7, 11) is 0. The predicted molar refractivity (Wildman–Crippen MR) is 76.1 cm³/mol. The van der Waals surface area contributed by atoms with Crippen LogP contribution < -0.4 is 11.1 Å². The number of anilines is 2. The summed E-state index contributed by atoms with van der Waals surface area (Å²) in [4.78, 5) is 10.1. The van der Waals surface area contributed by atoms with Gasteiger partial charge in [-0.15, -0.1) is 0 Å². The first-order chi connectivity index (χ1) is 9.16. The molecule has 5 nitrogen and oxygen atoms in total. The average molecular weight is 257 g/mol. The summed E-state index contributed by atoms with van der Waals surface area (Å²) in [6.07, 6.45) is 0.872. The van der Waals surface area contributed by atoms with Crippen LogP contribution in [-0.4, -0.2) is 11.5 Å². The summed E-state index contributed by atoms with van der Waals surface area (Å²) in [5, 5.41) is 13.8. The van der Waals surface area contributed by atoms with E-state index in [0.29, 0.717) is 5.69 Å². The van der Waals surface area contributed by atoms with E-state index < -0.39 is 4.92 Å². The zero-order chi connectivity index (χ0) is 13.7. The number of nitrogens with one attached hydrogen (secondary N) is 1. The van der Waals surface area contributed by atoms with Crippen molar-refractivity contribution in [3.8, 4) is 0 Å². The summed E-state index contributed by atoms with van der Waals surface area (Å²) in [5.41, 5.74) is 8.12. The molecule has 0 spiro atoms. The van der Waals surface area contributed by atoms with Crippen LogP contribution in [0.5, 0.6) is 0 Å². The van der Waals surface area contributed by atoms with Gasteiger partial charge >= 0.3 is 0 Å². The lowest BCUT2D eigenvalue weighted by atomic mass is 10.1. The van der Waals surface area contributed by atoms with Gasteiger partial charge in [0.2, 0.25) is 0 Å². The molecule has 0 unspecified atom stereocenters. The van der Waals surface area contributed by atoms with Crippen LogP contribution in [0.2, 0.25) is 0 Å². The van der Waals surface area contributed by atoms with Gasteiger partial charge in [0.25, 0.3) is 5.69 Å². The first kappa shape index (κ1) is 12.9. The molecule has 0 aliphatic heterocycles. The molecular weight excluding hydrogens is 242 g/mol. The van der Waals surface area contributed by atoms with Crippen molar-refractivity contribution in [2.24, 2.45) is 0 Å². The van der Waals surface area contributed by atoms with Gasteiger partial charge < -0.3 is 11.1 Å². The number of nitrogen functional groups attached to an aromatic ring is 1. The number of hydrogen-bond donors (Lipinski definition) is 2. The first-order valence-corrected chi connectivity index (χ1v) is 5.98. The molecule has 2 aromatic carbocycles. The summed E-state index contributed by atoms with van der Waals surface area (Å²) in [6, 6.07) is 14.5. The monoisotopic (exact) mass is 257 g/mol. The van der Waals surface area contributed by atoms with Crippen molar-refractivity contribution in [3.63, 3.8) is 0 Å². The third-order valence-electron chi connectivity index (χ3n) is 2.82. The lowest BCUT2D eigenvalue weighted by Gasteiger charge is -2.09. The maximum Gasteiger partial charge on any atom is 0.271 e. The fraction of sp³-hybridized carbons (Fsp3) is 0.143. The summed E-state index contributed by atoms with van der Waals surface area (Å²) >= 11 is 0. The minimum Gasteiger partial charge on any atom is -0.397 e. The number of hydrogen-bond acceptors (Lipinski definition) is 4. The maximum absolute atomic E-state index is 10.6. The van der Waals surface area contributed by atoms with Gasteiger partial charge in [0.15, 0.2) is 0 Å². The molecule has 19 heavy (non-hydrogen) atoms. The maximum atomic E-state index is 10.6. The number of nitrogens with zero attached hydrogens (tertiary/aromatic N) is 1. The molecule has 2 aromatic rings. The van der Waals surface area contributed by atoms with E-state index in [0.717, 1.165) is 18.7 Å². The summed E-state index contributed by atoms with van der Waals surface area (Å²) in [6.45, 7) is 0.728. The second-order valence-electron chi connectivity index (χ2n) is 4.19. The van der Waals surface area contributed by atoms with Crippen molar-refractivity contribution in [2.75, 3.05) is 17.6 Å². The fourth-order valence-corrected chi connectivity index (χ4v) is 1.81. The van der Waals surface area contributed by atoms with E-state index in [4.69, 9.17) is 5.73 Å². The van der Waals surface area contributed by atoms with Gasteiger partial charge in [-0.05, 0) is 18.1 Å². The quantitative estimate of drug-likeness (QED) is 0.490. The minimum atomic E-state index is -0.454. The van der Waals surface area contributed by atoms with E-state index in [-0.39, 0.29) is 5.69 Å². The molecule has 0 amide bonds. The zero-order valence-corrected chi connectivity index (χ0v) is 10.4. The molecular formula is C14H15N3O2. The first-order valence-electron chi connectivity index (χ1n) is 5.98. The van der Waals surface area contributed by atoms with E-state index in [1.54, 1.807) is 6.07 Å². The van der Waals surface area contributed by atoms with Crippen molar-refractivity contribution in [2.45, 2.75) is 6.42 Å². The molecule has 2 rings (SSSR count). The molecule has 98 valence electrons. The van der Waals surface area contributed by atoms with Crippen LogP contribution in [0.15, 0.2) is 48.5 Å². The van der Waals surface area contributed by atoms with Crippen LogP contribution in [0, 0.1) is 10.1 Å². The summed E-state index contributed by atoms with van der Waals surface area (Å²) < 4.78 is 0.